The highest BCUT2D eigenvalue weighted by atomic mass is 16.7. The van der Waals surface area contributed by atoms with Crippen LogP contribution in [0, 0.1) is 0 Å². The number of nitrogens with zero attached hydrogens (tertiary/aromatic N) is 2. The first-order valence-corrected chi connectivity index (χ1v) is 7.20. The summed E-state index contributed by atoms with van der Waals surface area (Å²) in [5.74, 6) is -1.16. The minimum absolute atomic E-state index is 0.320. The SMILES string of the molecule is CC(=N\OC(=O)c1ccccc1)/C(C)=N/OC(=O)c1ccccc1. The maximum absolute atomic E-state index is 11.8. The number of hydrogen-bond acceptors (Lipinski definition) is 6. The summed E-state index contributed by atoms with van der Waals surface area (Å²) in [5, 5.41) is 7.39. The van der Waals surface area contributed by atoms with Crippen LogP contribution in [-0.4, -0.2) is 23.4 Å². The number of carbonyl (C=O) groups excluding carboxylic acids is 2. The third-order valence-electron chi connectivity index (χ3n) is 3.07. The lowest BCUT2D eigenvalue weighted by Crippen LogP contribution is -2.11. The molecule has 2 aromatic rings. The minimum atomic E-state index is -0.580. The first kappa shape index (κ1) is 17.1. The first-order chi connectivity index (χ1) is 11.6. The zero-order valence-corrected chi connectivity index (χ0v) is 13.3. The Balaban J connectivity index is 1.94. The monoisotopic (exact) mass is 324 g/mol. The second-order valence-electron chi connectivity index (χ2n) is 4.84. The van der Waals surface area contributed by atoms with Crippen molar-refractivity contribution in [1.29, 1.82) is 0 Å². The van der Waals surface area contributed by atoms with Gasteiger partial charge in [-0.25, -0.2) is 9.59 Å². The fraction of sp³-hybridized carbons (Fsp3) is 0.111. The summed E-state index contributed by atoms with van der Waals surface area (Å²) in [5.41, 5.74) is 1.42. The van der Waals surface area contributed by atoms with Crippen molar-refractivity contribution in [3.63, 3.8) is 0 Å². The van der Waals surface area contributed by atoms with E-state index in [1.165, 1.54) is 0 Å². The van der Waals surface area contributed by atoms with Crippen LogP contribution in [0.2, 0.25) is 0 Å². The van der Waals surface area contributed by atoms with Gasteiger partial charge in [-0.2, -0.15) is 0 Å². The van der Waals surface area contributed by atoms with Gasteiger partial charge in [0.25, 0.3) is 0 Å². The maximum Gasteiger partial charge on any atom is 0.365 e. The smallest absolute Gasteiger partial charge is 0.312 e. The van der Waals surface area contributed by atoms with Crippen LogP contribution in [-0.2, 0) is 9.68 Å². The van der Waals surface area contributed by atoms with Crippen LogP contribution >= 0.6 is 0 Å². The Morgan fingerprint density at radius 1 is 0.667 bits per heavy atom. The molecule has 0 heterocycles. The maximum atomic E-state index is 11.8. The van der Waals surface area contributed by atoms with E-state index >= 15 is 0 Å². The number of hydrogen-bond donors (Lipinski definition) is 0. The lowest BCUT2D eigenvalue weighted by atomic mass is 10.2. The van der Waals surface area contributed by atoms with Crippen molar-refractivity contribution in [3.8, 4) is 0 Å². The summed E-state index contributed by atoms with van der Waals surface area (Å²) in [6, 6.07) is 17.0. The Bertz CT molecular complexity index is 701. The van der Waals surface area contributed by atoms with E-state index in [1.54, 1.807) is 74.5 Å². The van der Waals surface area contributed by atoms with E-state index in [-0.39, 0.29) is 0 Å². The molecule has 0 saturated carbocycles. The number of oxime groups is 2. The highest BCUT2D eigenvalue weighted by molar-refractivity contribution is 6.40. The van der Waals surface area contributed by atoms with Crippen LogP contribution < -0.4 is 0 Å². The highest BCUT2D eigenvalue weighted by Crippen LogP contribution is 2.03. The van der Waals surface area contributed by atoms with Crippen LogP contribution in [0.15, 0.2) is 71.0 Å². The Morgan fingerprint density at radius 2 is 1.00 bits per heavy atom. The number of benzene rings is 2. The third kappa shape index (κ3) is 4.88. The van der Waals surface area contributed by atoms with Gasteiger partial charge in [0.2, 0.25) is 0 Å². The van der Waals surface area contributed by atoms with Crippen molar-refractivity contribution in [1.82, 2.24) is 0 Å². The van der Waals surface area contributed by atoms with E-state index in [0.29, 0.717) is 22.6 Å². The molecule has 6 nitrogen and oxygen atoms in total. The van der Waals surface area contributed by atoms with Crippen molar-refractivity contribution < 1.29 is 19.3 Å². The fourth-order valence-corrected chi connectivity index (χ4v) is 1.61. The van der Waals surface area contributed by atoms with Gasteiger partial charge in [0, 0.05) is 0 Å². The van der Waals surface area contributed by atoms with Gasteiger partial charge in [-0.05, 0) is 38.1 Å². The van der Waals surface area contributed by atoms with Gasteiger partial charge in [-0.3, -0.25) is 0 Å². The summed E-state index contributed by atoms with van der Waals surface area (Å²) in [6.45, 7) is 3.18. The third-order valence-corrected chi connectivity index (χ3v) is 3.07. The van der Waals surface area contributed by atoms with Gasteiger partial charge < -0.3 is 9.68 Å². The molecule has 0 fully saturated rings. The largest absolute Gasteiger partial charge is 0.365 e. The zero-order chi connectivity index (χ0) is 17.4. The molecule has 0 unspecified atom stereocenters. The lowest BCUT2D eigenvalue weighted by Gasteiger charge is -2.01. The summed E-state index contributed by atoms with van der Waals surface area (Å²) in [4.78, 5) is 33.2. The number of carbonyl (C=O) groups is 2. The molecule has 0 saturated heterocycles. The molecule has 0 bridgehead atoms. The van der Waals surface area contributed by atoms with Crippen molar-refractivity contribution in [2.45, 2.75) is 13.8 Å². The van der Waals surface area contributed by atoms with Gasteiger partial charge in [0.1, 0.15) is 11.4 Å². The van der Waals surface area contributed by atoms with E-state index < -0.39 is 11.9 Å². The quantitative estimate of drug-likeness (QED) is 0.479. The lowest BCUT2D eigenvalue weighted by molar-refractivity contribution is 0.0502. The van der Waals surface area contributed by atoms with Gasteiger partial charge >= 0.3 is 11.9 Å². The predicted molar refractivity (Wildman–Crippen MR) is 89.9 cm³/mol. The first-order valence-electron chi connectivity index (χ1n) is 7.20. The van der Waals surface area contributed by atoms with Crippen LogP contribution in [0.1, 0.15) is 34.6 Å². The van der Waals surface area contributed by atoms with Crippen molar-refractivity contribution in [2.75, 3.05) is 0 Å². The molecule has 0 aliphatic heterocycles. The Kier molecular flexibility index (Phi) is 5.96. The Hall–Kier alpha value is -3.28. The average molecular weight is 324 g/mol. The Morgan fingerprint density at radius 3 is 1.33 bits per heavy atom. The van der Waals surface area contributed by atoms with E-state index in [1.807, 2.05) is 0 Å². The van der Waals surface area contributed by atoms with Gasteiger partial charge in [-0.15, -0.1) is 0 Å². The molecule has 6 heteroatoms. The van der Waals surface area contributed by atoms with Crippen molar-refractivity contribution >= 4 is 23.4 Å². The topological polar surface area (TPSA) is 77.3 Å². The minimum Gasteiger partial charge on any atom is -0.312 e. The molecule has 2 rings (SSSR count). The molecule has 0 N–H and O–H groups in total. The molecule has 0 aliphatic rings. The molecular formula is C18H16N2O4. The van der Waals surface area contributed by atoms with Crippen molar-refractivity contribution in [2.24, 2.45) is 10.3 Å². The molecule has 0 aromatic heterocycles. The molecule has 122 valence electrons. The van der Waals surface area contributed by atoms with Gasteiger partial charge in [0.05, 0.1) is 11.1 Å². The van der Waals surface area contributed by atoms with E-state index in [4.69, 9.17) is 9.68 Å². The van der Waals surface area contributed by atoms with Gasteiger partial charge in [-0.1, -0.05) is 46.7 Å². The van der Waals surface area contributed by atoms with Crippen molar-refractivity contribution in [3.05, 3.63) is 71.8 Å². The molecule has 0 radical (unpaired) electrons. The van der Waals surface area contributed by atoms with Crippen LogP contribution in [0.4, 0.5) is 0 Å². The normalized spacial score (nSPS) is 11.8. The fourth-order valence-electron chi connectivity index (χ4n) is 1.61. The van der Waals surface area contributed by atoms with Gasteiger partial charge in [0.15, 0.2) is 0 Å². The molecule has 24 heavy (non-hydrogen) atoms. The van der Waals surface area contributed by atoms with E-state index in [9.17, 15) is 9.59 Å². The molecule has 0 amide bonds. The molecule has 0 atom stereocenters. The summed E-state index contributed by atoms with van der Waals surface area (Å²) < 4.78 is 0. The summed E-state index contributed by atoms with van der Waals surface area (Å²) in [7, 11) is 0. The molecule has 0 aliphatic carbocycles. The Labute approximate surface area is 139 Å². The second kappa shape index (κ2) is 8.38. The second-order valence-corrected chi connectivity index (χ2v) is 4.84. The number of rotatable bonds is 5. The molecular weight excluding hydrogens is 308 g/mol. The van der Waals surface area contributed by atoms with E-state index in [0.717, 1.165) is 0 Å². The summed E-state index contributed by atoms with van der Waals surface area (Å²) in [6.07, 6.45) is 0. The standard InChI is InChI=1S/C18H16N2O4/c1-13(19-23-17(21)15-9-5-3-6-10-15)14(2)20-24-18(22)16-11-7-4-8-12-16/h3-12H,1-2H3/b19-13+,20-14+. The van der Waals surface area contributed by atoms with Crippen LogP contribution in [0.5, 0.6) is 0 Å². The average Bonchev–Trinajstić information content (AvgIpc) is 2.64. The predicted octanol–water partition coefficient (Wildman–Crippen LogP) is 3.45. The molecule has 0 spiro atoms. The zero-order valence-electron chi connectivity index (χ0n) is 13.3. The van der Waals surface area contributed by atoms with E-state index in [2.05, 4.69) is 10.3 Å². The molecule has 2 aromatic carbocycles. The van der Waals surface area contributed by atoms with Crippen LogP contribution in [0.25, 0.3) is 0 Å². The summed E-state index contributed by atoms with van der Waals surface area (Å²) >= 11 is 0. The van der Waals surface area contributed by atoms with Crippen LogP contribution in [0.3, 0.4) is 0 Å². The highest BCUT2D eigenvalue weighted by Gasteiger charge is 2.09.